The number of fused-ring (bicyclic) bond motifs is 2. The maximum Gasteiger partial charge on any atom is 0.257 e. The number of carbonyl (C=O) groups excluding carboxylic acids is 1. The second-order valence-electron chi connectivity index (χ2n) is 9.97. The fraction of sp³-hybridized carbons (Fsp3) is 0.357. The van der Waals surface area contributed by atoms with Gasteiger partial charge in [-0.25, -0.2) is 14.4 Å². The first-order valence-electron chi connectivity index (χ1n) is 12.7. The molecule has 2 aliphatic rings. The molecule has 10 heteroatoms. The van der Waals surface area contributed by atoms with Crippen LogP contribution in [0.25, 0.3) is 21.8 Å². The van der Waals surface area contributed by atoms with Crippen molar-refractivity contribution in [2.45, 2.75) is 38.0 Å². The maximum absolute atomic E-state index is 14.7. The van der Waals surface area contributed by atoms with E-state index in [1.54, 1.807) is 31.6 Å². The van der Waals surface area contributed by atoms with E-state index in [-0.39, 0.29) is 23.7 Å². The van der Waals surface area contributed by atoms with Crippen LogP contribution in [0.3, 0.4) is 0 Å². The number of hydrogen-bond donors (Lipinski definition) is 2. The van der Waals surface area contributed by atoms with Gasteiger partial charge in [-0.15, -0.1) is 6.42 Å². The maximum atomic E-state index is 14.7. The molecule has 2 fully saturated rings. The molecule has 3 atom stereocenters. The molecule has 0 unspecified atom stereocenters. The standard InChI is InChI=1S/C28H28FN7O2/c1-4-18-15-36(13-16(2)31-18)23-8-7-20(26-21(23)12-30-27(33-26)24-6-5-9-38-24)28(37)32-19-10-17-14-35(3)34-25(17)22(29)11-19/h1,7-8,10-12,14,16,18,24,31H,5-6,9,13,15H2,2-3H3,(H,32,37)/t16-,18+,24-/m1/s1. The van der Waals surface area contributed by atoms with Crippen LogP contribution < -0.4 is 15.5 Å². The summed E-state index contributed by atoms with van der Waals surface area (Å²) in [6.07, 6.45) is 10.8. The van der Waals surface area contributed by atoms with Crippen LogP contribution in [0, 0.1) is 18.2 Å². The zero-order valence-corrected chi connectivity index (χ0v) is 21.2. The molecule has 0 saturated carbocycles. The summed E-state index contributed by atoms with van der Waals surface area (Å²) in [5.74, 6) is 2.46. The fourth-order valence-corrected chi connectivity index (χ4v) is 5.37. The number of benzene rings is 2. The molecule has 2 N–H and O–H groups in total. The lowest BCUT2D eigenvalue weighted by Gasteiger charge is -2.37. The Morgan fingerprint density at radius 2 is 2.16 bits per heavy atom. The lowest BCUT2D eigenvalue weighted by atomic mass is 10.0. The number of terminal acetylenes is 1. The van der Waals surface area contributed by atoms with Crippen molar-refractivity contribution in [1.29, 1.82) is 0 Å². The van der Waals surface area contributed by atoms with E-state index in [4.69, 9.17) is 16.1 Å². The van der Waals surface area contributed by atoms with Gasteiger partial charge in [0.25, 0.3) is 5.91 Å². The molecule has 6 rings (SSSR count). The van der Waals surface area contributed by atoms with Crippen molar-refractivity contribution in [2.24, 2.45) is 7.05 Å². The van der Waals surface area contributed by atoms with Crippen LogP contribution >= 0.6 is 0 Å². The summed E-state index contributed by atoms with van der Waals surface area (Å²) in [5.41, 5.74) is 2.39. The third-order valence-corrected chi connectivity index (χ3v) is 7.07. The molecular weight excluding hydrogens is 485 g/mol. The number of ether oxygens (including phenoxy) is 1. The first kappa shape index (κ1) is 24.3. The molecule has 194 valence electrons. The Labute approximate surface area is 219 Å². The highest BCUT2D eigenvalue weighted by Gasteiger charge is 2.27. The van der Waals surface area contributed by atoms with Gasteiger partial charge in [-0.1, -0.05) is 5.92 Å². The second-order valence-corrected chi connectivity index (χ2v) is 9.97. The topological polar surface area (TPSA) is 97.2 Å². The average Bonchev–Trinajstić information content (AvgIpc) is 3.57. The third-order valence-electron chi connectivity index (χ3n) is 7.07. The van der Waals surface area contributed by atoms with Crippen molar-refractivity contribution in [1.82, 2.24) is 25.1 Å². The Bertz CT molecular complexity index is 1590. The summed E-state index contributed by atoms with van der Waals surface area (Å²) in [6.45, 7) is 4.12. The van der Waals surface area contributed by atoms with Crippen molar-refractivity contribution < 1.29 is 13.9 Å². The summed E-state index contributed by atoms with van der Waals surface area (Å²) in [7, 11) is 1.72. The average molecular weight is 514 g/mol. The monoisotopic (exact) mass is 513 g/mol. The Hall–Kier alpha value is -4.07. The summed E-state index contributed by atoms with van der Waals surface area (Å²) in [4.78, 5) is 25.2. The molecule has 4 heterocycles. The van der Waals surface area contributed by atoms with Crippen molar-refractivity contribution in [3.63, 3.8) is 0 Å². The molecule has 0 bridgehead atoms. The SMILES string of the molecule is C#C[C@H]1CN(c2ccc(C(=O)Nc3cc(F)c4nn(C)cc4c3)c3nc([C@H]4CCCO4)ncc23)C[C@@H](C)N1. The highest BCUT2D eigenvalue weighted by atomic mass is 19.1. The number of anilines is 2. The first-order chi connectivity index (χ1) is 18.4. The largest absolute Gasteiger partial charge is 0.370 e. The van der Waals surface area contributed by atoms with Crippen LogP contribution in [-0.4, -0.2) is 57.4 Å². The highest BCUT2D eigenvalue weighted by molar-refractivity contribution is 6.14. The van der Waals surface area contributed by atoms with Gasteiger partial charge in [-0.05, 0) is 44.0 Å². The van der Waals surface area contributed by atoms with Crippen LogP contribution in [0.5, 0.6) is 0 Å². The Balaban J connectivity index is 1.41. The van der Waals surface area contributed by atoms with E-state index in [2.05, 4.69) is 38.5 Å². The minimum absolute atomic E-state index is 0.0962. The summed E-state index contributed by atoms with van der Waals surface area (Å²) >= 11 is 0. The van der Waals surface area contributed by atoms with Crippen molar-refractivity contribution in [2.75, 3.05) is 29.9 Å². The van der Waals surface area contributed by atoms with E-state index in [9.17, 15) is 9.18 Å². The van der Waals surface area contributed by atoms with Gasteiger partial charge < -0.3 is 15.0 Å². The molecule has 2 saturated heterocycles. The molecule has 9 nitrogen and oxygen atoms in total. The number of carbonyl (C=O) groups is 1. The minimum atomic E-state index is -0.502. The number of amides is 1. The van der Waals surface area contributed by atoms with Gasteiger partial charge >= 0.3 is 0 Å². The second kappa shape index (κ2) is 9.67. The molecule has 0 aliphatic carbocycles. The summed E-state index contributed by atoms with van der Waals surface area (Å²) in [6, 6.07) is 6.74. The number of piperazine rings is 1. The Morgan fingerprint density at radius 3 is 2.95 bits per heavy atom. The van der Waals surface area contributed by atoms with Gasteiger partial charge in [0.1, 0.15) is 11.6 Å². The number of halogens is 1. The normalized spacial score (nSPS) is 21.6. The van der Waals surface area contributed by atoms with Crippen LogP contribution in [0.4, 0.5) is 15.8 Å². The predicted octanol–water partition coefficient (Wildman–Crippen LogP) is 3.56. The first-order valence-corrected chi connectivity index (χ1v) is 12.7. The van der Waals surface area contributed by atoms with Crippen molar-refractivity contribution >= 4 is 39.1 Å². The molecule has 0 radical (unpaired) electrons. The van der Waals surface area contributed by atoms with Gasteiger partial charge in [0, 0.05) is 67.3 Å². The zero-order chi connectivity index (χ0) is 26.4. The van der Waals surface area contributed by atoms with Gasteiger partial charge in [-0.2, -0.15) is 5.10 Å². The predicted molar refractivity (Wildman–Crippen MR) is 144 cm³/mol. The molecule has 2 aromatic carbocycles. The Kier molecular flexibility index (Phi) is 6.18. The molecule has 2 aromatic heterocycles. The molecular formula is C28H28FN7O2. The van der Waals surface area contributed by atoms with Gasteiger partial charge in [0.15, 0.2) is 11.6 Å². The van der Waals surface area contributed by atoms with Crippen LogP contribution in [0.1, 0.15) is 42.1 Å². The number of aromatic nitrogens is 4. The number of aryl methyl sites for hydroxylation is 1. The number of nitrogens with zero attached hydrogens (tertiary/aromatic N) is 5. The lowest BCUT2D eigenvalue weighted by molar-refractivity contribution is 0.102. The van der Waals surface area contributed by atoms with Crippen LogP contribution in [0.15, 0.2) is 36.7 Å². The minimum Gasteiger partial charge on any atom is -0.370 e. The van der Waals surface area contributed by atoms with Gasteiger partial charge in [0.05, 0.1) is 17.1 Å². The van der Waals surface area contributed by atoms with Gasteiger partial charge in [-0.3, -0.25) is 14.8 Å². The van der Waals surface area contributed by atoms with E-state index in [1.807, 2.05) is 6.07 Å². The fourth-order valence-electron chi connectivity index (χ4n) is 5.37. The highest BCUT2D eigenvalue weighted by Crippen LogP contribution is 2.33. The van der Waals surface area contributed by atoms with E-state index in [0.29, 0.717) is 41.1 Å². The zero-order valence-electron chi connectivity index (χ0n) is 21.2. The summed E-state index contributed by atoms with van der Waals surface area (Å²) < 4.78 is 22.0. The number of nitrogens with one attached hydrogen (secondary N) is 2. The van der Waals surface area contributed by atoms with E-state index >= 15 is 0 Å². The van der Waals surface area contributed by atoms with Crippen LogP contribution in [0.2, 0.25) is 0 Å². The van der Waals surface area contributed by atoms with E-state index < -0.39 is 11.7 Å². The number of hydrogen-bond acceptors (Lipinski definition) is 7. The molecule has 4 aromatic rings. The molecule has 1 amide bonds. The van der Waals surface area contributed by atoms with Crippen molar-refractivity contribution in [3.8, 4) is 12.3 Å². The lowest BCUT2D eigenvalue weighted by Crippen LogP contribution is -2.55. The molecule has 2 aliphatic heterocycles. The summed E-state index contributed by atoms with van der Waals surface area (Å²) in [5, 5.41) is 11.7. The van der Waals surface area contributed by atoms with Crippen LogP contribution in [-0.2, 0) is 11.8 Å². The third kappa shape index (κ3) is 4.44. The molecule has 38 heavy (non-hydrogen) atoms. The van der Waals surface area contributed by atoms with Crippen molar-refractivity contribution in [3.05, 3.63) is 53.9 Å². The number of rotatable bonds is 4. The Morgan fingerprint density at radius 1 is 1.29 bits per heavy atom. The smallest absolute Gasteiger partial charge is 0.257 e. The van der Waals surface area contributed by atoms with Gasteiger partial charge in [0.2, 0.25) is 0 Å². The quantitative estimate of drug-likeness (QED) is 0.403. The molecule has 0 spiro atoms. The van der Waals surface area contributed by atoms with E-state index in [1.165, 1.54) is 10.7 Å². The van der Waals surface area contributed by atoms with E-state index in [0.717, 1.165) is 30.5 Å².